The number of carbonyl (C=O) groups is 2. The summed E-state index contributed by atoms with van der Waals surface area (Å²) in [4.78, 5) is 23.4. The second kappa shape index (κ2) is 8.74. The van der Waals surface area contributed by atoms with E-state index in [0.717, 1.165) is 12.1 Å². The molecule has 7 nitrogen and oxygen atoms in total. The van der Waals surface area contributed by atoms with Crippen LogP contribution in [0.3, 0.4) is 0 Å². The van der Waals surface area contributed by atoms with Gasteiger partial charge in [-0.3, -0.25) is 0 Å². The average Bonchev–Trinajstić information content (AvgIpc) is 2.64. The molecule has 0 aromatic heterocycles. The van der Waals surface area contributed by atoms with E-state index in [2.05, 4.69) is 9.47 Å². The van der Waals surface area contributed by atoms with Gasteiger partial charge >= 0.3 is 149 Å². The monoisotopic (exact) mass is 392 g/mol. The molecule has 25 heavy (non-hydrogen) atoms. The van der Waals surface area contributed by atoms with Crippen LogP contribution in [0.25, 0.3) is 0 Å². The van der Waals surface area contributed by atoms with E-state index in [0.29, 0.717) is 18.5 Å². The van der Waals surface area contributed by atoms with Crippen molar-refractivity contribution in [1.82, 2.24) is 0 Å². The van der Waals surface area contributed by atoms with Gasteiger partial charge in [0.2, 0.25) is 0 Å². The van der Waals surface area contributed by atoms with Gasteiger partial charge in [-0.25, -0.2) is 0 Å². The van der Waals surface area contributed by atoms with Crippen LogP contribution in [0.5, 0.6) is 0 Å². The Hall–Kier alpha value is -1.50. The van der Waals surface area contributed by atoms with E-state index < -0.39 is 29.5 Å². The number of hydrogen-bond donors (Lipinski definition) is 0. The first kappa shape index (κ1) is 21.5. The van der Waals surface area contributed by atoms with Crippen LogP contribution >= 0.6 is 7.49 Å². The quantitative estimate of drug-likeness (QED) is 0.496. The van der Waals surface area contributed by atoms with Crippen molar-refractivity contribution in [3.05, 3.63) is 29.3 Å². The maximum absolute atomic E-state index is 12.8. The molecule has 1 aromatic carbocycles. The third kappa shape index (κ3) is 5.00. The van der Waals surface area contributed by atoms with Crippen LogP contribution in [-0.4, -0.2) is 53.1 Å². The van der Waals surface area contributed by atoms with E-state index in [9.17, 15) is 18.0 Å². The molecule has 0 spiro atoms. The third-order valence-electron chi connectivity index (χ3n) is 4.26. The maximum atomic E-state index is 12.8. The first-order valence-corrected chi connectivity index (χ1v) is 11.9. The van der Waals surface area contributed by atoms with E-state index >= 15 is 0 Å². The third-order valence-corrected chi connectivity index (χ3v) is 11.2. The number of hydrogen-bond acceptors (Lipinski definition) is 7. The van der Waals surface area contributed by atoms with Crippen LogP contribution in [0.15, 0.2) is 23.1 Å². The molecule has 0 radical (unpaired) electrons. The summed E-state index contributed by atoms with van der Waals surface area (Å²) in [5.41, 5.74) is -0.131. The molecule has 0 aliphatic carbocycles. The SMILES string of the molecule is CC[PH](CC)(CC)OS(=O)(=O)c1cc(C(=O)OC)cc(C(=O)OC)c1. The minimum atomic E-state index is -4.14. The molecule has 0 saturated carbocycles. The van der Waals surface area contributed by atoms with E-state index in [-0.39, 0.29) is 16.0 Å². The molecular weight excluding hydrogens is 367 g/mol. The summed E-state index contributed by atoms with van der Waals surface area (Å²) in [6.45, 7) is 5.71. The molecule has 9 heteroatoms. The summed E-state index contributed by atoms with van der Waals surface area (Å²) in [7, 11) is -4.26. The zero-order valence-corrected chi connectivity index (χ0v) is 16.9. The second-order valence-electron chi connectivity index (χ2n) is 5.51. The fourth-order valence-corrected chi connectivity index (χ4v) is 8.13. The van der Waals surface area contributed by atoms with Gasteiger partial charge in [0, 0.05) is 0 Å². The molecule has 0 fully saturated rings. The van der Waals surface area contributed by atoms with Crippen molar-refractivity contribution >= 4 is 29.5 Å². The number of ether oxygens (including phenoxy) is 2. The Kier molecular flexibility index (Phi) is 7.53. The average molecular weight is 392 g/mol. The van der Waals surface area contributed by atoms with E-state index in [1.54, 1.807) is 0 Å². The number of esters is 2. The molecule has 0 atom stereocenters. The molecule has 0 heterocycles. The van der Waals surface area contributed by atoms with Gasteiger partial charge in [0.15, 0.2) is 0 Å². The Morgan fingerprint density at radius 1 is 0.880 bits per heavy atom. The molecule has 0 saturated heterocycles. The van der Waals surface area contributed by atoms with Crippen LogP contribution in [0, 0.1) is 0 Å². The summed E-state index contributed by atoms with van der Waals surface area (Å²) >= 11 is 0. The van der Waals surface area contributed by atoms with Crippen LogP contribution in [0.1, 0.15) is 41.5 Å². The standard InChI is InChI=1S/C16H25O7PS/c1-6-24(7-2,8-3)23-25(19,20)14-10-12(15(17)21-4)9-13(11-14)16(18)22-5/h9-11,24H,6-8H2,1-5H3. The van der Waals surface area contributed by atoms with Crippen molar-refractivity contribution < 1.29 is 31.5 Å². The van der Waals surface area contributed by atoms with Gasteiger partial charge in [-0.2, -0.15) is 0 Å². The van der Waals surface area contributed by atoms with E-state index in [4.69, 9.17) is 3.97 Å². The van der Waals surface area contributed by atoms with Crippen molar-refractivity contribution in [2.24, 2.45) is 0 Å². The molecule has 0 aliphatic heterocycles. The van der Waals surface area contributed by atoms with Crippen LogP contribution in [0.2, 0.25) is 0 Å². The number of carbonyl (C=O) groups excluding carboxylic acids is 2. The Morgan fingerprint density at radius 3 is 1.60 bits per heavy atom. The molecule has 0 amide bonds. The fraction of sp³-hybridized carbons (Fsp3) is 0.500. The van der Waals surface area contributed by atoms with Gasteiger partial charge in [0.05, 0.1) is 0 Å². The van der Waals surface area contributed by atoms with Crippen LogP contribution in [0.4, 0.5) is 0 Å². The summed E-state index contributed by atoms with van der Waals surface area (Å²) in [6.07, 6.45) is 1.92. The van der Waals surface area contributed by atoms with Crippen LogP contribution < -0.4 is 0 Å². The normalized spacial score (nSPS) is 12.5. The van der Waals surface area contributed by atoms with Gasteiger partial charge in [0.25, 0.3) is 0 Å². The number of methoxy groups -OCH3 is 2. The molecule has 0 unspecified atom stereocenters. The van der Waals surface area contributed by atoms with E-state index in [1.165, 1.54) is 20.3 Å². The predicted molar refractivity (Wildman–Crippen MR) is 97.3 cm³/mol. The predicted octanol–water partition coefficient (Wildman–Crippen LogP) is 2.69. The van der Waals surface area contributed by atoms with Crippen molar-refractivity contribution in [3.63, 3.8) is 0 Å². The van der Waals surface area contributed by atoms with Crippen molar-refractivity contribution in [1.29, 1.82) is 0 Å². The van der Waals surface area contributed by atoms with Gasteiger partial charge in [-0.05, 0) is 0 Å². The van der Waals surface area contributed by atoms with Gasteiger partial charge in [-0.1, -0.05) is 0 Å². The summed E-state index contributed by atoms with van der Waals surface area (Å²) in [6, 6.07) is 3.52. The van der Waals surface area contributed by atoms with Gasteiger partial charge < -0.3 is 0 Å². The van der Waals surface area contributed by atoms with Gasteiger partial charge in [-0.15, -0.1) is 0 Å². The van der Waals surface area contributed by atoms with Crippen molar-refractivity contribution in [3.8, 4) is 0 Å². The molecule has 0 bridgehead atoms. The molecular formula is C16H25O7PS. The molecule has 0 aliphatic rings. The minimum absolute atomic E-state index is 0.0654. The summed E-state index contributed by atoms with van der Waals surface area (Å²) in [5, 5.41) is 0. The topological polar surface area (TPSA) is 96.0 Å². The molecule has 142 valence electrons. The Balaban J connectivity index is 3.47. The zero-order valence-electron chi connectivity index (χ0n) is 15.1. The Morgan fingerprint density at radius 2 is 1.28 bits per heavy atom. The van der Waals surface area contributed by atoms with Crippen molar-refractivity contribution in [2.75, 3.05) is 32.7 Å². The first-order chi connectivity index (χ1) is 11.7. The number of rotatable bonds is 8. The van der Waals surface area contributed by atoms with Crippen molar-refractivity contribution in [2.45, 2.75) is 25.7 Å². The summed E-state index contributed by atoms with van der Waals surface area (Å²) in [5.74, 6) is -1.51. The Bertz CT molecular complexity index is 696. The van der Waals surface area contributed by atoms with Gasteiger partial charge in [0.1, 0.15) is 0 Å². The molecule has 0 N–H and O–H groups in total. The summed E-state index contributed by atoms with van der Waals surface area (Å²) < 4.78 is 40.4. The zero-order chi connectivity index (χ0) is 19.3. The van der Waals surface area contributed by atoms with E-state index in [1.807, 2.05) is 20.8 Å². The Labute approximate surface area is 149 Å². The number of benzene rings is 1. The molecule has 1 aromatic rings. The molecule has 1 rings (SSSR count). The first-order valence-electron chi connectivity index (χ1n) is 7.96. The fourth-order valence-electron chi connectivity index (χ4n) is 2.42. The second-order valence-corrected chi connectivity index (χ2v) is 12.0. The van der Waals surface area contributed by atoms with Crippen LogP contribution in [-0.2, 0) is 23.6 Å².